The number of halogens is 1. The SMILES string of the molecule is CCNC(=NCC1CCCN(C)C1)NCCc1ncc(C)s1.I. The molecule has 1 fully saturated rings. The second-order valence-corrected chi connectivity index (χ2v) is 7.35. The number of piperidine rings is 1. The summed E-state index contributed by atoms with van der Waals surface area (Å²) in [6.07, 6.45) is 5.49. The molecule has 1 atom stereocenters. The van der Waals surface area contributed by atoms with Crippen molar-refractivity contribution in [2.75, 3.05) is 39.8 Å². The van der Waals surface area contributed by atoms with Gasteiger partial charge in [0.1, 0.15) is 0 Å². The van der Waals surface area contributed by atoms with Crippen LogP contribution in [0.1, 0.15) is 29.7 Å². The Kier molecular flexibility index (Phi) is 10.0. The van der Waals surface area contributed by atoms with Gasteiger partial charge in [-0.1, -0.05) is 0 Å². The summed E-state index contributed by atoms with van der Waals surface area (Å²) in [4.78, 5) is 12.8. The maximum Gasteiger partial charge on any atom is 0.191 e. The number of aromatic nitrogens is 1. The second-order valence-electron chi connectivity index (χ2n) is 6.03. The lowest BCUT2D eigenvalue weighted by Crippen LogP contribution is -2.39. The highest BCUT2D eigenvalue weighted by atomic mass is 127. The van der Waals surface area contributed by atoms with Crippen LogP contribution in [-0.4, -0.2) is 55.6 Å². The van der Waals surface area contributed by atoms with Crippen molar-refractivity contribution in [2.24, 2.45) is 10.9 Å². The van der Waals surface area contributed by atoms with E-state index in [1.54, 1.807) is 11.3 Å². The average molecular weight is 451 g/mol. The largest absolute Gasteiger partial charge is 0.357 e. The molecule has 0 spiro atoms. The highest BCUT2D eigenvalue weighted by Crippen LogP contribution is 2.15. The van der Waals surface area contributed by atoms with Crippen LogP contribution in [-0.2, 0) is 6.42 Å². The molecule has 0 bridgehead atoms. The first kappa shape index (κ1) is 20.6. The summed E-state index contributed by atoms with van der Waals surface area (Å²) in [5, 5.41) is 7.94. The zero-order valence-electron chi connectivity index (χ0n) is 14.5. The molecule has 2 heterocycles. The van der Waals surface area contributed by atoms with E-state index in [0.717, 1.165) is 32.0 Å². The van der Waals surface area contributed by atoms with Gasteiger partial charge in [-0.3, -0.25) is 4.99 Å². The normalized spacial score (nSPS) is 19.3. The number of thiazole rings is 1. The number of hydrogen-bond donors (Lipinski definition) is 2. The zero-order chi connectivity index (χ0) is 15.8. The van der Waals surface area contributed by atoms with Crippen molar-refractivity contribution in [3.63, 3.8) is 0 Å². The number of rotatable bonds is 6. The van der Waals surface area contributed by atoms with Crippen molar-refractivity contribution in [2.45, 2.75) is 33.1 Å². The van der Waals surface area contributed by atoms with Crippen LogP contribution < -0.4 is 10.6 Å². The van der Waals surface area contributed by atoms with Gasteiger partial charge in [-0.2, -0.15) is 0 Å². The fourth-order valence-corrected chi connectivity index (χ4v) is 3.58. The first-order chi connectivity index (χ1) is 10.7. The average Bonchev–Trinajstić information content (AvgIpc) is 2.90. The van der Waals surface area contributed by atoms with Crippen LogP contribution in [0.25, 0.3) is 0 Å². The minimum Gasteiger partial charge on any atom is -0.357 e. The number of aliphatic imine (C=N–C) groups is 1. The Morgan fingerprint density at radius 1 is 1.48 bits per heavy atom. The minimum atomic E-state index is 0. The van der Waals surface area contributed by atoms with Gasteiger partial charge < -0.3 is 15.5 Å². The summed E-state index contributed by atoms with van der Waals surface area (Å²) in [6, 6.07) is 0. The van der Waals surface area contributed by atoms with Gasteiger partial charge in [0, 0.05) is 43.7 Å². The van der Waals surface area contributed by atoms with Crippen molar-refractivity contribution >= 4 is 41.3 Å². The van der Waals surface area contributed by atoms with Crippen LogP contribution >= 0.6 is 35.3 Å². The highest BCUT2D eigenvalue weighted by Gasteiger charge is 2.16. The smallest absolute Gasteiger partial charge is 0.191 e. The van der Waals surface area contributed by atoms with Gasteiger partial charge >= 0.3 is 0 Å². The zero-order valence-corrected chi connectivity index (χ0v) is 17.6. The van der Waals surface area contributed by atoms with E-state index < -0.39 is 0 Å². The molecular formula is C16H30IN5S. The first-order valence-electron chi connectivity index (χ1n) is 8.29. The van der Waals surface area contributed by atoms with E-state index >= 15 is 0 Å². The number of aryl methyl sites for hydroxylation is 1. The lowest BCUT2D eigenvalue weighted by molar-refractivity contribution is 0.214. The molecule has 5 nitrogen and oxygen atoms in total. The Morgan fingerprint density at radius 2 is 2.30 bits per heavy atom. The van der Waals surface area contributed by atoms with Crippen molar-refractivity contribution in [3.05, 3.63) is 16.1 Å². The van der Waals surface area contributed by atoms with Gasteiger partial charge in [-0.05, 0) is 46.2 Å². The molecule has 1 aromatic heterocycles. The fraction of sp³-hybridized carbons (Fsp3) is 0.750. The third kappa shape index (κ3) is 7.80. The van der Waals surface area contributed by atoms with Gasteiger partial charge in [0.2, 0.25) is 0 Å². The molecule has 0 amide bonds. The van der Waals surface area contributed by atoms with Crippen molar-refractivity contribution in [1.29, 1.82) is 0 Å². The Bertz CT molecular complexity index is 477. The molecule has 1 aliphatic heterocycles. The number of likely N-dealkylation sites (tertiary alicyclic amines) is 1. The molecular weight excluding hydrogens is 421 g/mol. The molecule has 1 aliphatic rings. The maximum atomic E-state index is 4.76. The van der Waals surface area contributed by atoms with Gasteiger partial charge in [-0.15, -0.1) is 35.3 Å². The Balaban J connectivity index is 0.00000264. The fourth-order valence-electron chi connectivity index (χ4n) is 2.79. The summed E-state index contributed by atoms with van der Waals surface area (Å²) in [5.41, 5.74) is 0. The lowest BCUT2D eigenvalue weighted by atomic mass is 9.99. The molecule has 2 rings (SSSR count). The van der Waals surface area contributed by atoms with Crippen LogP contribution in [0.2, 0.25) is 0 Å². The third-order valence-corrected chi connectivity index (χ3v) is 4.85. The Labute approximate surface area is 161 Å². The monoisotopic (exact) mass is 451 g/mol. The van der Waals surface area contributed by atoms with Crippen LogP contribution in [0.5, 0.6) is 0 Å². The highest BCUT2D eigenvalue weighted by molar-refractivity contribution is 14.0. The van der Waals surface area contributed by atoms with Gasteiger partial charge in [-0.25, -0.2) is 4.98 Å². The summed E-state index contributed by atoms with van der Waals surface area (Å²) in [6.45, 7) is 9.29. The summed E-state index contributed by atoms with van der Waals surface area (Å²) in [7, 11) is 2.20. The van der Waals surface area contributed by atoms with Crippen LogP contribution in [0.4, 0.5) is 0 Å². The molecule has 1 aromatic rings. The third-order valence-electron chi connectivity index (χ3n) is 3.87. The molecule has 132 valence electrons. The predicted octanol–water partition coefficient (Wildman–Crippen LogP) is 2.51. The first-order valence-corrected chi connectivity index (χ1v) is 9.11. The van der Waals surface area contributed by atoms with Gasteiger partial charge in [0.05, 0.1) is 5.01 Å². The van der Waals surface area contributed by atoms with Crippen molar-refractivity contribution in [1.82, 2.24) is 20.5 Å². The molecule has 1 saturated heterocycles. The van der Waals surface area contributed by atoms with E-state index in [-0.39, 0.29) is 24.0 Å². The minimum absolute atomic E-state index is 0. The molecule has 0 aliphatic carbocycles. The van der Waals surface area contributed by atoms with Crippen molar-refractivity contribution < 1.29 is 0 Å². The van der Waals surface area contributed by atoms with E-state index in [0.29, 0.717) is 5.92 Å². The summed E-state index contributed by atoms with van der Waals surface area (Å²) in [5.74, 6) is 1.62. The molecule has 1 unspecified atom stereocenters. The van der Waals surface area contributed by atoms with Crippen LogP contribution in [0.3, 0.4) is 0 Å². The van der Waals surface area contributed by atoms with E-state index in [4.69, 9.17) is 4.99 Å². The molecule has 0 saturated carbocycles. The number of guanidine groups is 1. The standard InChI is InChI=1S/C16H29N5S.HI/c1-4-17-16(18-8-7-15-19-10-13(2)22-15)20-11-14-6-5-9-21(3)12-14;/h10,14H,4-9,11-12H2,1-3H3,(H2,17,18,20);1H. The molecule has 23 heavy (non-hydrogen) atoms. The van der Waals surface area contributed by atoms with E-state index in [1.807, 2.05) is 6.20 Å². The summed E-state index contributed by atoms with van der Waals surface area (Å²) < 4.78 is 0. The van der Waals surface area contributed by atoms with E-state index in [9.17, 15) is 0 Å². The Hall–Kier alpha value is -0.410. The van der Waals surface area contributed by atoms with E-state index in [1.165, 1.54) is 35.8 Å². The lowest BCUT2D eigenvalue weighted by Gasteiger charge is -2.28. The molecule has 0 radical (unpaired) electrons. The van der Waals surface area contributed by atoms with Crippen LogP contribution in [0, 0.1) is 12.8 Å². The van der Waals surface area contributed by atoms with E-state index in [2.05, 4.69) is 41.4 Å². The van der Waals surface area contributed by atoms with Gasteiger partial charge in [0.25, 0.3) is 0 Å². The second kappa shape index (κ2) is 11.2. The molecule has 7 heteroatoms. The number of nitrogens with one attached hydrogen (secondary N) is 2. The maximum absolute atomic E-state index is 4.76. The summed E-state index contributed by atoms with van der Waals surface area (Å²) >= 11 is 1.77. The predicted molar refractivity (Wildman–Crippen MR) is 110 cm³/mol. The van der Waals surface area contributed by atoms with Crippen LogP contribution in [0.15, 0.2) is 11.2 Å². The number of hydrogen-bond acceptors (Lipinski definition) is 4. The Morgan fingerprint density at radius 3 is 2.96 bits per heavy atom. The van der Waals surface area contributed by atoms with Gasteiger partial charge in [0.15, 0.2) is 5.96 Å². The van der Waals surface area contributed by atoms with Crippen molar-refractivity contribution in [3.8, 4) is 0 Å². The quantitative estimate of drug-likeness (QED) is 0.397. The molecule has 0 aromatic carbocycles. The molecule has 2 N–H and O–H groups in total. The number of nitrogens with zero attached hydrogens (tertiary/aromatic N) is 3. The topological polar surface area (TPSA) is 52.6 Å².